The SMILES string of the molecule is CS(=O)(=O)CCN1C(=O)CNC1c1ccc([N+](=O)[O-])cc1. The van der Waals surface area contributed by atoms with Crippen molar-refractivity contribution < 1.29 is 18.1 Å². The molecule has 1 aromatic rings. The lowest BCUT2D eigenvalue weighted by molar-refractivity contribution is -0.384. The van der Waals surface area contributed by atoms with E-state index in [0.29, 0.717) is 5.56 Å². The number of hydrogen-bond acceptors (Lipinski definition) is 6. The summed E-state index contributed by atoms with van der Waals surface area (Å²) in [5.74, 6) is -0.314. The molecule has 9 heteroatoms. The molecule has 2 rings (SSSR count). The van der Waals surface area contributed by atoms with Crippen LogP contribution in [0.4, 0.5) is 5.69 Å². The molecule has 0 aliphatic carbocycles. The topological polar surface area (TPSA) is 110 Å². The van der Waals surface area contributed by atoms with E-state index < -0.39 is 20.9 Å². The number of nitrogens with zero attached hydrogens (tertiary/aromatic N) is 2. The van der Waals surface area contributed by atoms with Crippen LogP contribution in [0.15, 0.2) is 24.3 Å². The van der Waals surface area contributed by atoms with E-state index in [1.165, 1.54) is 17.0 Å². The van der Waals surface area contributed by atoms with Gasteiger partial charge in [-0.15, -0.1) is 0 Å². The van der Waals surface area contributed by atoms with E-state index in [1.807, 2.05) is 0 Å². The standard InChI is InChI=1S/C12H15N3O5S/c1-21(19,20)7-6-14-11(16)8-13-12(14)9-2-4-10(5-3-9)15(17)18/h2-5,12-13H,6-8H2,1H3. The summed E-state index contributed by atoms with van der Waals surface area (Å²) in [5.41, 5.74) is 0.644. The molecule has 1 atom stereocenters. The maximum absolute atomic E-state index is 11.8. The average Bonchev–Trinajstić information content (AvgIpc) is 2.77. The van der Waals surface area contributed by atoms with Gasteiger partial charge in [0.15, 0.2) is 0 Å². The number of nitrogens with one attached hydrogen (secondary N) is 1. The molecule has 1 fully saturated rings. The third kappa shape index (κ3) is 3.76. The number of sulfone groups is 1. The van der Waals surface area contributed by atoms with Gasteiger partial charge in [0.1, 0.15) is 16.0 Å². The van der Waals surface area contributed by atoms with Gasteiger partial charge in [0, 0.05) is 24.9 Å². The van der Waals surface area contributed by atoms with Crippen molar-refractivity contribution in [3.8, 4) is 0 Å². The van der Waals surface area contributed by atoms with Gasteiger partial charge in [0.2, 0.25) is 5.91 Å². The molecule has 8 nitrogen and oxygen atoms in total. The number of carbonyl (C=O) groups excluding carboxylic acids is 1. The first-order chi connectivity index (χ1) is 9.78. The van der Waals surface area contributed by atoms with E-state index in [-0.39, 0.29) is 30.4 Å². The zero-order valence-corrected chi connectivity index (χ0v) is 12.2. The Morgan fingerprint density at radius 2 is 2.00 bits per heavy atom. The second kappa shape index (κ2) is 5.78. The molecule has 21 heavy (non-hydrogen) atoms. The molecule has 1 aromatic carbocycles. The molecule has 1 aliphatic rings. The lowest BCUT2D eigenvalue weighted by Gasteiger charge is -2.24. The normalized spacial score (nSPS) is 19.0. The van der Waals surface area contributed by atoms with Gasteiger partial charge in [-0.25, -0.2) is 8.42 Å². The van der Waals surface area contributed by atoms with Crippen molar-refractivity contribution >= 4 is 21.4 Å². The highest BCUT2D eigenvalue weighted by atomic mass is 32.2. The van der Waals surface area contributed by atoms with Gasteiger partial charge >= 0.3 is 0 Å². The van der Waals surface area contributed by atoms with Crippen LogP contribution in [0.25, 0.3) is 0 Å². The van der Waals surface area contributed by atoms with E-state index in [0.717, 1.165) is 6.26 Å². The molecule has 0 spiro atoms. The highest BCUT2D eigenvalue weighted by molar-refractivity contribution is 7.90. The van der Waals surface area contributed by atoms with Crippen LogP contribution >= 0.6 is 0 Å². The molecule has 114 valence electrons. The number of non-ortho nitro benzene ring substituents is 1. The average molecular weight is 313 g/mol. The summed E-state index contributed by atoms with van der Waals surface area (Å²) in [6, 6.07) is 5.83. The minimum Gasteiger partial charge on any atom is -0.321 e. The van der Waals surface area contributed by atoms with Gasteiger partial charge in [-0.3, -0.25) is 20.2 Å². The van der Waals surface area contributed by atoms with Crippen LogP contribution in [0.1, 0.15) is 11.7 Å². The Kier molecular flexibility index (Phi) is 4.24. The summed E-state index contributed by atoms with van der Waals surface area (Å²) in [5, 5.41) is 13.6. The second-order valence-electron chi connectivity index (χ2n) is 4.85. The van der Waals surface area contributed by atoms with Gasteiger partial charge in [0.25, 0.3) is 5.69 Å². The molecule has 1 aliphatic heterocycles. The lowest BCUT2D eigenvalue weighted by Crippen LogP contribution is -2.34. The van der Waals surface area contributed by atoms with Crippen LogP contribution in [0.3, 0.4) is 0 Å². The summed E-state index contributed by atoms with van der Waals surface area (Å²) in [6.45, 7) is 0.206. The molecule has 0 aromatic heterocycles. The molecule has 1 N–H and O–H groups in total. The number of amides is 1. The van der Waals surface area contributed by atoms with Gasteiger partial charge in [-0.2, -0.15) is 0 Å². The van der Waals surface area contributed by atoms with E-state index in [2.05, 4.69) is 5.32 Å². The minimum absolute atomic E-state index is 0.0363. The number of carbonyl (C=O) groups is 1. The Morgan fingerprint density at radius 3 is 2.52 bits per heavy atom. The first kappa shape index (κ1) is 15.4. The lowest BCUT2D eigenvalue weighted by atomic mass is 10.1. The summed E-state index contributed by atoms with van der Waals surface area (Å²) in [7, 11) is -3.17. The Labute approximate surface area is 121 Å². The first-order valence-electron chi connectivity index (χ1n) is 6.23. The van der Waals surface area contributed by atoms with Crippen molar-refractivity contribution in [1.29, 1.82) is 0 Å². The Hall–Kier alpha value is -2.00. The molecule has 0 radical (unpaired) electrons. The molecular formula is C12H15N3O5S. The third-order valence-electron chi connectivity index (χ3n) is 3.20. The van der Waals surface area contributed by atoms with Crippen LogP contribution in [-0.4, -0.2) is 49.2 Å². The molecular weight excluding hydrogens is 298 g/mol. The van der Waals surface area contributed by atoms with Gasteiger partial charge in [0.05, 0.1) is 17.2 Å². The summed E-state index contributed by atoms with van der Waals surface area (Å²) >= 11 is 0. The molecule has 0 bridgehead atoms. The van der Waals surface area contributed by atoms with E-state index in [9.17, 15) is 23.3 Å². The van der Waals surface area contributed by atoms with Gasteiger partial charge in [-0.1, -0.05) is 0 Å². The Bertz CT molecular complexity index is 656. The molecule has 1 amide bonds. The van der Waals surface area contributed by atoms with Crippen LogP contribution in [0.5, 0.6) is 0 Å². The van der Waals surface area contributed by atoms with E-state index in [1.54, 1.807) is 12.1 Å². The number of nitro groups is 1. The largest absolute Gasteiger partial charge is 0.321 e. The number of rotatable bonds is 5. The van der Waals surface area contributed by atoms with Crippen molar-refractivity contribution in [2.45, 2.75) is 6.17 Å². The van der Waals surface area contributed by atoms with E-state index >= 15 is 0 Å². The fourth-order valence-electron chi connectivity index (χ4n) is 2.13. The maximum atomic E-state index is 11.8. The predicted molar refractivity (Wildman–Crippen MR) is 75.3 cm³/mol. The Morgan fingerprint density at radius 1 is 1.38 bits per heavy atom. The van der Waals surface area contributed by atoms with Crippen molar-refractivity contribution in [3.63, 3.8) is 0 Å². The number of hydrogen-bond donors (Lipinski definition) is 1. The highest BCUT2D eigenvalue weighted by Gasteiger charge is 2.32. The van der Waals surface area contributed by atoms with Crippen LogP contribution in [-0.2, 0) is 14.6 Å². The highest BCUT2D eigenvalue weighted by Crippen LogP contribution is 2.24. The van der Waals surface area contributed by atoms with E-state index in [4.69, 9.17) is 0 Å². The first-order valence-corrected chi connectivity index (χ1v) is 8.29. The van der Waals surface area contributed by atoms with Gasteiger partial charge in [-0.05, 0) is 17.7 Å². The predicted octanol–water partition coefficient (Wildman–Crippen LogP) is 0.0698. The minimum atomic E-state index is -3.17. The second-order valence-corrected chi connectivity index (χ2v) is 7.11. The zero-order valence-electron chi connectivity index (χ0n) is 11.4. The third-order valence-corrected chi connectivity index (χ3v) is 4.13. The van der Waals surface area contributed by atoms with Crippen molar-refractivity contribution in [2.75, 3.05) is 25.1 Å². The number of benzene rings is 1. The smallest absolute Gasteiger partial charge is 0.269 e. The molecule has 1 saturated heterocycles. The Balaban J connectivity index is 2.17. The molecule has 1 heterocycles. The summed E-state index contributed by atoms with van der Waals surface area (Å²) in [4.78, 5) is 23.4. The van der Waals surface area contributed by atoms with Gasteiger partial charge < -0.3 is 4.90 Å². The fraction of sp³-hybridized carbons (Fsp3) is 0.417. The quantitative estimate of drug-likeness (QED) is 0.608. The van der Waals surface area contributed by atoms with Crippen molar-refractivity contribution in [2.24, 2.45) is 0 Å². The van der Waals surface area contributed by atoms with Crippen molar-refractivity contribution in [1.82, 2.24) is 10.2 Å². The zero-order chi connectivity index (χ0) is 15.6. The summed E-state index contributed by atoms with van der Waals surface area (Å²) < 4.78 is 22.4. The number of nitro benzene ring substituents is 1. The van der Waals surface area contributed by atoms with Crippen LogP contribution in [0, 0.1) is 10.1 Å². The van der Waals surface area contributed by atoms with Crippen LogP contribution in [0.2, 0.25) is 0 Å². The van der Waals surface area contributed by atoms with Crippen LogP contribution < -0.4 is 5.32 Å². The van der Waals surface area contributed by atoms with Crippen molar-refractivity contribution in [3.05, 3.63) is 39.9 Å². The molecule has 0 saturated carbocycles. The monoisotopic (exact) mass is 313 g/mol. The fourth-order valence-corrected chi connectivity index (χ4v) is 2.66. The maximum Gasteiger partial charge on any atom is 0.269 e. The molecule has 1 unspecified atom stereocenters. The summed E-state index contributed by atoms with van der Waals surface area (Å²) in [6.07, 6.45) is 0.655.